The molecule has 31 heavy (non-hydrogen) atoms. The van der Waals surface area contributed by atoms with Crippen LogP contribution in [0, 0.1) is 3.57 Å². The lowest BCUT2D eigenvalue weighted by molar-refractivity contribution is -0.137. The highest BCUT2D eigenvalue weighted by Gasteiger charge is 2.30. The van der Waals surface area contributed by atoms with Gasteiger partial charge in [0.05, 0.1) is 16.1 Å². The van der Waals surface area contributed by atoms with Crippen LogP contribution in [-0.4, -0.2) is 20.9 Å². The number of carbonyl (C=O) groups excluding carboxylic acids is 1. The maximum absolute atomic E-state index is 13.2. The molecular weight excluding hydrogens is 544 g/mol. The summed E-state index contributed by atoms with van der Waals surface area (Å²) in [6.45, 7) is -0.557. The van der Waals surface area contributed by atoms with Gasteiger partial charge in [0.15, 0.2) is 0 Å². The summed E-state index contributed by atoms with van der Waals surface area (Å²) in [5, 5.41) is 2.44. The lowest BCUT2D eigenvalue weighted by Gasteiger charge is -2.24. The molecule has 0 aromatic heterocycles. The SMILES string of the molecule is O=C(CN(c1ccc(I)cc1)S(=O)(=O)c1ccccc1)Nc1ccc(C(F)(F)F)cc1. The third-order valence-corrected chi connectivity index (χ3v) is 6.74. The number of rotatable bonds is 6. The number of sulfonamides is 1. The van der Waals surface area contributed by atoms with Gasteiger partial charge in [0.1, 0.15) is 6.54 Å². The molecule has 0 unspecified atom stereocenters. The van der Waals surface area contributed by atoms with E-state index in [4.69, 9.17) is 0 Å². The highest BCUT2D eigenvalue weighted by molar-refractivity contribution is 14.1. The quantitative estimate of drug-likeness (QED) is 0.425. The van der Waals surface area contributed by atoms with Gasteiger partial charge in [-0.15, -0.1) is 0 Å². The Bertz CT molecular complexity index is 1150. The minimum atomic E-state index is -4.49. The third kappa shape index (κ3) is 5.76. The average Bonchev–Trinajstić information content (AvgIpc) is 2.73. The van der Waals surface area contributed by atoms with Gasteiger partial charge >= 0.3 is 6.18 Å². The number of carbonyl (C=O) groups is 1. The summed E-state index contributed by atoms with van der Waals surface area (Å²) >= 11 is 2.07. The normalized spacial score (nSPS) is 11.7. The van der Waals surface area contributed by atoms with E-state index >= 15 is 0 Å². The fraction of sp³-hybridized carbons (Fsp3) is 0.0952. The number of anilines is 2. The third-order valence-electron chi connectivity index (χ3n) is 4.23. The molecule has 1 amide bonds. The molecule has 0 aliphatic carbocycles. The first kappa shape index (κ1) is 23.1. The van der Waals surface area contributed by atoms with Crippen LogP contribution < -0.4 is 9.62 Å². The van der Waals surface area contributed by atoms with Gasteiger partial charge in [-0.05, 0) is 83.3 Å². The molecule has 0 atom stereocenters. The second-order valence-corrected chi connectivity index (χ2v) is 9.53. The maximum atomic E-state index is 13.2. The lowest BCUT2D eigenvalue weighted by Crippen LogP contribution is -2.38. The molecule has 0 bridgehead atoms. The van der Waals surface area contributed by atoms with Crippen molar-refractivity contribution in [3.05, 3.63) is 88.0 Å². The van der Waals surface area contributed by atoms with Crippen molar-refractivity contribution in [2.24, 2.45) is 0 Å². The lowest BCUT2D eigenvalue weighted by atomic mass is 10.2. The molecule has 0 heterocycles. The molecule has 0 saturated carbocycles. The standard InChI is InChI=1S/C21H16F3IN2O3S/c22-21(23,24)15-6-10-17(11-7-15)26-20(28)14-27(18-12-8-16(25)9-13-18)31(29,30)19-4-2-1-3-5-19/h1-13H,14H2,(H,26,28). The summed E-state index contributed by atoms with van der Waals surface area (Å²) in [4.78, 5) is 12.6. The Morgan fingerprint density at radius 2 is 1.48 bits per heavy atom. The molecule has 3 aromatic carbocycles. The van der Waals surface area contributed by atoms with Gasteiger partial charge in [-0.25, -0.2) is 8.42 Å². The molecule has 5 nitrogen and oxygen atoms in total. The van der Waals surface area contributed by atoms with Gasteiger partial charge in [-0.1, -0.05) is 18.2 Å². The Labute approximate surface area is 191 Å². The Hall–Kier alpha value is -2.60. The highest BCUT2D eigenvalue weighted by atomic mass is 127. The molecule has 0 radical (unpaired) electrons. The number of benzene rings is 3. The largest absolute Gasteiger partial charge is 0.416 e. The topological polar surface area (TPSA) is 66.5 Å². The summed E-state index contributed by atoms with van der Waals surface area (Å²) < 4.78 is 66.3. The van der Waals surface area contributed by atoms with E-state index in [2.05, 4.69) is 27.9 Å². The molecule has 1 N–H and O–H groups in total. The van der Waals surface area contributed by atoms with Crippen molar-refractivity contribution in [2.75, 3.05) is 16.2 Å². The van der Waals surface area contributed by atoms with Gasteiger partial charge in [0.2, 0.25) is 5.91 Å². The fourth-order valence-electron chi connectivity index (χ4n) is 2.72. The van der Waals surface area contributed by atoms with Gasteiger partial charge in [0.25, 0.3) is 10.0 Å². The second kappa shape index (κ2) is 9.27. The van der Waals surface area contributed by atoms with Crippen LogP contribution in [0.1, 0.15) is 5.56 Å². The van der Waals surface area contributed by atoms with Crippen molar-refractivity contribution in [3.8, 4) is 0 Å². The van der Waals surface area contributed by atoms with E-state index in [1.807, 2.05) is 0 Å². The van der Waals surface area contributed by atoms with Crippen LogP contribution >= 0.6 is 22.6 Å². The van der Waals surface area contributed by atoms with Crippen LogP contribution in [-0.2, 0) is 21.0 Å². The Morgan fingerprint density at radius 1 is 0.903 bits per heavy atom. The van der Waals surface area contributed by atoms with Crippen LogP contribution in [0.2, 0.25) is 0 Å². The minimum Gasteiger partial charge on any atom is -0.325 e. The van der Waals surface area contributed by atoms with Gasteiger partial charge < -0.3 is 5.32 Å². The van der Waals surface area contributed by atoms with Crippen LogP contribution in [0.15, 0.2) is 83.8 Å². The van der Waals surface area contributed by atoms with Crippen LogP contribution in [0.4, 0.5) is 24.5 Å². The molecule has 10 heteroatoms. The zero-order chi connectivity index (χ0) is 22.6. The monoisotopic (exact) mass is 560 g/mol. The van der Waals surface area contributed by atoms with E-state index in [1.54, 1.807) is 42.5 Å². The highest BCUT2D eigenvalue weighted by Crippen LogP contribution is 2.30. The van der Waals surface area contributed by atoms with Crippen molar-refractivity contribution in [3.63, 3.8) is 0 Å². The first-order chi connectivity index (χ1) is 14.6. The molecular formula is C21H16F3IN2O3S. The van der Waals surface area contributed by atoms with Crippen LogP contribution in [0.25, 0.3) is 0 Å². The van der Waals surface area contributed by atoms with Crippen molar-refractivity contribution < 1.29 is 26.4 Å². The first-order valence-corrected chi connectivity index (χ1v) is 11.4. The Balaban J connectivity index is 1.86. The van der Waals surface area contributed by atoms with E-state index < -0.39 is 34.2 Å². The summed E-state index contributed by atoms with van der Waals surface area (Å²) in [5.74, 6) is -0.696. The van der Waals surface area contributed by atoms with Crippen molar-refractivity contribution in [1.82, 2.24) is 0 Å². The van der Waals surface area contributed by atoms with Crippen molar-refractivity contribution in [1.29, 1.82) is 0 Å². The summed E-state index contributed by atoms with van der Waals surface area (Å²) in [7, 11) is -4.06. The van der Waals surface area contributed by atoms with E-state index in [1.165, 1.54) is 12.1 Å². The number of nitrogens with one attached hydrogen (secondary N) is 1. The second-order valence-electron chi connectivity index (χ2n) is 6.42. The van der Waals surface area contributed by atoms with E-state index in [0.29, 0.717) is 0 Å². The number of amides is 1. The maximum Gasteiger partial charge on any atom is 0.416 e. The molecule has 0 saturated heterocycles. The molecule has 0 aliphatic heterocycles. The zero-order valence-corrected chi connectivity index (χ0v) is 18.8. The smallest absolute Gasteiger partial charge is 0.325 e. The Kier molecular flexibility index (Phi) is 6.90. The van der Waals surface area contributed by atoms with Gasteiger partial charge in [-0.2, -0.15) is 13.2 Å². The average molecular weight is 560 g/mol. The van der Waals surface area contributed by atoms with Crippen LogP contribution in [0.5, 0.6) is 0 Å². The van der Waals surface area contributed by atoms with Crippen LogP contribution in [0.3, 0.4) is 0 Å². The summed E-state index contributed by atoms with van der Waals surface area (Å²) in [6, 6.07) is 18.1. The van der Waals surface area contributed by atoms with Crippen molar-refractivity contribution in [2.45, 2.75) is 11.1 Å². The molecule has 0 aliphatic rings. The summed E-state index contributed by atoms with van der Waals surface area (Å²) in [6.07, 6.45) is -4.49. The number of halogens is 4. The van der Waals surface area contributed by atoms with Crippen molar-refractivity contribution >= 4 is 49.9 Å². The van der Waals surface area contributed by atoms with Gasteiger partial charge in [0, 0.05) is 9.26 Å². The molecule has 0 fully saturated rings. The fourth-order valence-corrected chi connectivity index (χ4v) is 4.52. The molecule has 3 rings (SSSR count). The van der Waals surface area contributed by atoms with E-state index in [-0.39, 0.29) is 16.3 Å². The minimum absolute atomic E-state index is 0.0101. The predicted octanol–water partition coefficient (Wildman–Crippen LogP) is 5.14. The van der Waals surface area contributed by atoms with Gasteiger partial charge in [-0.3, -0.25) is 9.10 Å². The zero-order valence-electron chi connectivity index (χ0n) is 15.8. The van der Waals surface area contributed by atoms with E-state index in [9.17, 15) is 26.4 Å². The molecule has 3 aromatic rings. The van der Waals surface area contributed by atoms with E-state index in [0.717, 1.165) is 32.1 Å². The number of alkyl halides is 3. The molecule has 0 spiro atoms. The summed E-state index contributed by atoms with van der Waals surface area (Å²) in [5.41, 5.74) is -0.442. The number of nitrogens with zero attached hydrogens (tertiary/aromatic N) is 1. The number of hydrogen-bond donors (Lipinski definition) is 1. The molecule has 162 valence electrons. The number of hydrogen-bond acceptors (Lipinski definition) is 3. The Morgan fingerprint density at radius 3 is 2.03 bits per heavy atom. The first-order valence-electron chi connectivity index (χ1n) is 8.88. The predicted molar refractivity (Wildman–Crippen MR) is 120 cm³/mol.